The predicted molar refractivity (Wildman–Crippen MR) is 103 cm³/mol. The maximum absolute atomic E-state index is 12.1. The van der Waals surface area contributed by atoms with Gasteiger partial charge in [0, 0.05) is 34.8 Å². The first-order chi connectivity index (χ1) is 12.6. The van der Waals surface area contributed by atoms with Gasteiger partial charge >= 0.3 is 5.97 Å². The number of allylic oxidation sites excluding steroid dienone is 2. The second kappa shape index (κ2) is 9.52. The van der Waals surface area contributed by atoms with Crippen LogP contribution in [0.2, 0.25) is 0 Å². The van der Waals surface area contributed by atoms with Gasteiger partial charge in [-0.1, -0.05) is 17.2 Å². The van der Waals surface area contributed by atoms with Crippen LogP contribution in [0.1, 0.15) is 45.8 Å². The molecule has 0 fully saturated rings. The van der Waals surface area contributed by atoms with E-state index in [1.165, 1.54) is 24.3 Å². The van der Waals surface area contributed by atoms with Crippen molar-refractivity contribution in [3.63, 3.8) is 0 Å². The summed E-state index contributed by atoms with van der Waals surface area (Å²) in [5, 5.41) is 40.9. The number of fused-ring (bicyclic) bond motifs is 1. The Hall–Kier alpha value is -2.64. The van der Waals surface area contributed by atoms with Gasteiger partial charge in [0.15, 0.2) is 0 Å². The molecule has 0 saturated heterocycles. The molecule has 2 rings (SSSR count). The minimum atomic E-state index is -0.889. The van der Waals surface area contributed by atoms with E-state index in [4.69, 9.17) is 4.74 Å². The Morgan fingerprint density at radius 3 is 2.07 bits per heavy atom. The van der Waals surface area contributed by atoms with Crippen LogP contribution < -0.4 is 0 Å². The van der Waals surface area contributed by atoms with E-state index in [0.717, 1.165) is 11.1 Å². The number of benzene rings is 2. The fraction of sp³-hybridized carbons (Fsp3) is 0.286. The second-order valence-corrected chi connectivity index (χ2v) is 6.85. The molecule has 4 N–H and O–H groups in total. The fourth-order valence-corrected chi connectivity index (χ4v) is 2.75. The van der Waals surface area contributed by atoms with Crippen molar-refractivity contribution in [1.82, 2.24) is 0 Å². The third-order valence-electron chi connectivity index (χ3n) is 3.97. The predicted octanol–water partition coefficient (Wildman–Crippen LogP) is 4.57. The molecule has 28 heavy (non-hydrogen) atoms. The number of carbonyl (C=O) groups is 1. The van der Waals surface area contributed by atoms with Crippen LogP contribution in [0.5, 0.6) is 23.0 Å². The van der Waals surface area contributed by atoms with Crippen molar-refractivity contribution in [1.29, 1.82) is 0 Å². The molecule has 0 aliphatic rings. The zero-order chi connectivity index (χ0) is 20.3. The van der Waals surface area contributed by atoms with Crippen LogP contribution in [-0.2, 0) is 26.3 Å². The largest absolute Gasteiger partial charge is 0.507 e. The summed E-state index contributed by atoms with van der Waals surface area (Å²) in [4.78, 5) is 12.1. The van der Waals surface area contributed by atoms with E-state index >= 15 is 0 Å². The first-order valence-corrected chi connectivity index (χ1v) is 8.50. The SMILES string of the molecule is CC(C)=CCC(OC(=O)C=C(C)C)c1cc(O)c2c(O)ccc(O)c2c1O.[Co]. The molecule has 1 radical (unpaired) electrons. The molecule has 0 bridgehead atoms. The Morgan fingerprint density at radius 1 is 0.964 bits per heavy atom. The van der Waals surface area contributed by atoms with E-state index in [1.807, 2.05) is 19.9 Å². The number of phenolic OH excluding ortho intramolecular Hbond substituents is 4. The van der Waals surface area contributed by atoms with Crippen LogP contribution in [0.25, 0.3) is 10.8 Å². The molecule has 0 amide bonds. The number of phenols is 4. The van der Waals surface area contributed by atoms with Crippen molar-refractivity contribution in [2.24, 2.45) is 0 Å². The Morgan fingerprint density at radius 2 is 1.54 bits per heavy atom. The standard InChI is InChI=1S/C21H24O6.Co/c1-11(2)5-8-17(27-18(25)9-12(3)4)13-10-16(24)19-14(22)6-7-15(23)20(19)21(13)26;/h5-7,9-10,17,22-24,26H,8H2,1-4H3;. The third kappa shape index (κ3) is 5.21. The molecule has 0 saturated carbocycles. The van der Waals surface area contributed by atoms with E-state index in [9.17, 15) is 25.2 Å². The molecular formula is C21H24CoO6. The zero-order valence-corrected chi connectivity index (χ0v) is 17.2. The van der Waals surface area contributed by atoms with Gasteiger partial charge in [0.05, 0.1) is 10.8 Å². The summed E-state index contributed by atoms with van der Waals surface area (Å²) >= 11 is 0. The monoisotopic (exact) mass is 431 g/mol. The summed E-state index contributed by atoms with van der Waals surface area (Å²) in [6, 6.07) is 3.66. The van der Waals surface area contributed by atoms with Crippen molar-refractivity contribution >= 4 is 16.7 Å². The number of hydrogen-bond acceptors (Lipinski definition) is 6. The number of aromatic hydroxyl groups is 4. The van der Waals surface area contributed by atoms with Crippen LogP contribution >= 0.6 is 0 Å². The van der Waals surface area contributed by atoms with Crippen molar-refractivity contribution in [2.45, 2.75) is 40.2 Å². The molecule has 1 atom stereocenters. The molecule has 7 heteroatoms. The molecule has 0 aliphatic heterocycles. The summed E-state index contributed by atoms with van der Waals surface area (Å²) < 4.78 is 5.48. The van der Waals surface area contributed by atoms with E-state index in [-0.39, 0.29) is 62.5 Å². The maximum Gasteiger partial charge on any atom is 0.331 e. The number of carbonyl (C=O) groups excluding carboxylic acids is 1. The normalized spacial score (nSPS) is 11.3. The van der Waals surface area contributed by atoms with E-state index in [0.29, 0.717) is 0 Å². The van der Waals surface area contributed by atoms with Gasteiger partial charge in [-0.25, -0.2) is 4.79 Å². The van der Waals surface area contributed by atoms with E-state index < -0.39 is 12.1 Å². The van der Waals surface area contributed by atoms with Gasteiger partial charge in [-0.15, -0.1) is 0 Å². The number of rotatable bonds is 5. The molecule has 0 aromatic heterocycles. The van der Waals surface area contributed by atoms with Gasteiger partial charge in [0.25, 0.3) is 0 Å². The second-order valence-electron chi connectivity index (χ2n) is 6.85. The van der Waals surface area contributed by atoms with E-state index in [1.54, 1.807) is 13.8 Å². The summed E-state index contributed by atoms with van der Waals surface area (Å²) in [6.45, 7) is 7.28. The Bertz CT molecular complexity index is 938. The molecule has 2 aromatic carbocycles. The van der Waals surface area contributed by atoms with E-state index in [2.05, 4.69) is 0 Å². The summed E-state index contributed by atoms with van der Waals surface area (Å²) in [5.74, 6) is -1.89. The average molecular weight is 431 g/mol. The van der Waals surface area contributed by atoms with Crippen LogP contribution in [0.3, 0.4) is 0 Å². The summed E-state index contributed by atoms with van der Waals surface area (Å²) in [6.07, 6.45) is 2.54. The van der Waals surface area contributed by atoms with Gasteiger partial charge in [-0.2, -0.15) is 0 Å². The van der Waals surface area contributed by atoms with Crippen molar-refractivity contribution < 1.29 is 46.7 Å². The van der Waals surface area contributed by atoms with Gasteiger partial charge < -0.3 is 25.2 Å². The quantitative estimate of drug-likeness (QED) is 0.239. The Balaban J connectivity index is 0.00000392. The van der Waals surface area contributed by atoms with Crippen molar-refractivity contribution in [2.75, 3.05) is 0 Å². The number of ether oxygens (including phenoxy) is 1. The fourth-order valence-electron chi connectivity index (χ4n) is 2.75. The first kappa shape index (κ1) is 23.4. The Kier molecular flexibility index (Phi) is 7.96. The van der Waals surface area contributed by atoms with Gasteiger partial charge in [-0.3, -0.25) is 0 Å². The minimum Gasteiger partial charge on any atom is -0.507 e. The zero-order valence-electron chi connectivity index (χ0n) is 16.1. The molecule has 2 aromatic rings. The number of esters is 1. The average Bonchev–Trinajstić information content (AvgIpc) is 2.56. The van der Waals surface area contributed by atoms with Gasteiger partial charge in [0.2, 0.25) is 0 Å². The molecule has 153 valence electrons. The summed E-state index contributed by atoms with van der Waals surface area (Å²) in [7, 11) is 0. The molecule has 0 heterocycles. The molecule has 0 aliphatic carbocycles. The van der Waals surface area contributed by atoms with Crippen LogP contribution in [-0.4, -0.2) is 26.4 Å². The van der Waals surface area contributed by atoms with Gasteiger partial charge in [0.1, 0.15) is 29.1 Å². The minimum absolute atomic E-state index is 0. The first-order valence-electron chi connectivity index (χ1n) is 8.50. The smallest absolute Gasteiger partial charge is 0.331 e. The Labute approximate surface area is 174 Å². The maximum atomic E-state index is 12.1. The molecule has 6 nitrogen and oxygen atoms in total. The van der Waals surface area contributed by atoms with Crippen LogP contribution in [0.15, 0.2) is 41.5 Å². The molecule has 0 spiro atoms. The van der Waals surface area contributed by atoms with Crippen molar-refractivity contribution in [3.8, 4) is 23.0 Å². The summed E-state index contributed by atoms with van der Waals surface area (Å²) in [5.41, 5.74) is 1.88. The molecule has 1 unspecified atom stereocenters. The van der Waals surface area contributed by atoms with Crippen LogP contribution in [0.4, 0.5) is 0 Å². The third-order valence-corrected chi connectivity index (χ3v) is 3.97. The van der Waals surface area contributed by atoms with Crippen molar-refractivity contribution in [3.05, 3.63) is 47.1 Å². The number of hydrogen-bond donors (Lipinski definition) is 4. The van der Waals surface area contributed by atoms with Gasteiger partial charge in [-0.05, 0) is 45.9 Å². The molecular weight excluding hydrogens is 407 g/mol. The topological polar surface area (TPSA) is 107 Å². The van der Waals surface area contributed by atoms with Crippen LogP contribution in [0, 0.1) is 0 Å².